The Balaban J connectivity index is 0.00000249. The normalized spacial score (nSPS) is 12.2. The van der Waals surface area contributed by atoms with Crippen LogP contribution in [0.2, 0.25) is 0 Å². The Morgan fingerprint density at radius 2 is 1.72 bits per heavy atom. The second kappa shape index (κ2) is 10.9. The van der Waals surface area contributed by atoms with Gasteiger partial charge in [0.1, 0.15) is 5.60 Å². The fourth-order valence-electron chi connectivity index (χ4n) is 2.39. The number of alkyl halides is 3. The van der Waals surface area contributed by atoms with E-state index in [0.29, 0.717) is 0 Å². The predicted octanol–water partition coefficient (Wildman–Crippen LogP) is 6.26. The van der Waals surface area contributed by atoms with Crippen molar-refractivity contribution in [2.24, 2.45) is 0 Å². The van der Waals surface area contributed by atoms with E-state index in [9.17, 15) is 22.8 Å². The van der Waals surface area contributed by atoms with E-state index in [2.05, 4.69) is 21.1 Å². The summed E-state index contributed by atoms with van der Waals surface area (Å²) in [5.74, 6) is 0.259. The summed E-state index contributed by atoms with van der Waals surface area (Å²) in [7, 11) is 0. The molecule has 0 radical (unpaired) electrons. The summed E-state index contributed by atoms with van der Waals surface area (Å²) in [6.07, 6.45) is -5.19. The molecule has 0 saturated heterocycles. The van der Waals surface area contributed by atoms with Crippen molar-refractivity contribution in [3.05, 3.63) is 41.2 Å². The van der Waals surface area contributed by atoms with Gasteiger partial charge in [-0.3, -0.25) is 5.32 Å². The number of nitrogens with one attached hydrogen (secondary N) is 3. The second-order valence-electron chi connectivity index (χ2n) is 7.59. The van der Waals surface area contributed by atoms with Crippen LogP contribution in [-0.4, -0.2) is 22.9 Å². The van der Waals surface area contributed by atoms with E-state index in [1.165, 1.54) is 25.1 Å². The quantitative estimate of drug-likeness (QED) is 0.502. The molecule has 0 aliphatic rings. The van der Waals surface area contributed by atoms with Gasteiger partial charge in [0, 0.05) is 11.8 Å². The molecule has 0 aliphatic heterocycles. The summed E-state index contributed by atoms with van der Waals surface area (Å²) in [5.41, 5.74) is -1.50. The Morgan fingerprint density at radius 3 is 2.28 bits per heavy atom. The van der Waals surface area contributed by atoms with Crippen LogP contribution >= 0.6 is 0 Å². The van der Waals surface area contributed by atoms with Gasteiger partial charge in [0.05, 0.1) is 11.6 Å². The number of carbonyl (C=O) groups is 2. The summed E-state index contributed by atoms with van der Waals surface area (Å²) >= 11 is 0. The molecule has 0 bridgehead atoms. The van der Waals surface area contributed by atoms with Crippen molar-refractivity contribution in [2.45, 2.75) is 66.3 Å². The number of anilines is 2. The fourth-order valence-corrected chi connectivity index (χ4v) is 2.39. The summed E-state index contributed by atoms with van der Waals surface area (Å²) in [6.45, 7) is 12.1. The molecule has 0 spiro atoms. The number of nitrogens with zero attached hydrogens (tertiary/aromatic N) is 1. The lowest BCUT2D eigenvalue weighted by Gasteiger charge is -2.21. The number of aromatic nitrogens is 1. The van der Waals surface area contributed by atoms with Crippen LogP contribution < -0.4 is 16.0 Å². The Labute approximate surface area is 184 Å². The average molecular weight is 458 g/mol. The number of amides is 3. The van der Waals surface area contributed by atoms with Gasteiger partial charge in [-0.05, 0) is 52.3 Å². The van der Waals surface area contributed by atoms with Crippen molar-refractivity contribution in [3.8, 4) is 0 Å². The van der Waals surface area contributed by atoms with Crippen molar-refractivity contribution in [3.63, 3.8) is 0 Å². The van der Waals surface area contributed by atoms with E-state index in [4.69, 9.17) is 9.26 Å². The predicted molar refractivity (Wildman–Crippen MR) is 114 cm³/mol. The monoisotopic (exact) mass is 458 g/mol. The molecule has 3 amide bonds. The van der Waals surface area contributed by atoms with Crippen LogP contribution in [0.3, 0.4) is 0 Å². The molecular formula is C21H29F3N4O4. The number of benzene rings is 1. The first kappa shape index (κ1) is 26.8. The van der Waals surface area contributed by atoms with Crippen LogP contribution in [0.4, 0.5) is 34.3 Å². The largest absolute Gasteiger partial charge is 0.444 e. The highest BCUT2D eigenvalue weighted by Gasteiger charge is 2.32. The lowest BCUT2D eigenvalue weighted by atomic mass is 10.1. The molecule has 0 fully saturated rings. The molecule has 11 heteroatoms. The third kappa shape index (κ3) is 8.48. The molecule has 178 valence electrons. The lowest BCUT2D eigenvalue weighted by molar-refractivity contribution is -0.138. The highest BCUT2D eigenvalue weighted by molar-refractivity contribution is 5.99. The zero-order valence-electron chi connectivity index (χ0n) is 19.1. The van der Waals surface area contributed by atoms with E-state index >= 15 is 0 Å². The Bertz CT molecular complexity index is 920. The Kier molecular flexibility index (Phi) is 9.10. The highest BCUT2D eigenvalue weighted by Crippen LogP contribution is 2.33. The molecule has 0 saturated carbocycles. The number of ether oxygens (including phenoxy) is 1. The fraction of sp³-hybridized carbons (Fsp3) is 0.476. The maximum atomic E-state index is 13.0. The number of alkyl carbamates (subject to hydrolysis) is 1. The number of rotatable bonds is 4. The number of halogens is 3. The summed E-state index contributed by atoms with van der Waals surface area (Å²) in [4.78, 5) is 23.9. The standard InChI is InChI=1S/C19H23F3N4O4.C2H6/c1-10-6-7-12(8-13(10)19(20,21)22)24-16(27)25-15-9-14(30-26-15)11(2)23-17(28)29-18(3,4)5;1-2/h6-9,11H,1-5H3,(H,23,28)(H2,24,25,26,27);1-2H3. The minimum Gasteiger partial charge on any atom is -0.444 e. The van der Waals surface area contributed by atoms with Crippen LogP contribution in [0.5, 0.6) is 0 Å². The second-order valence-corrected chi connectivity index (χ2v) is 7.59. The average Bonchev–Trinajstić information content (AvgIpc) is 3.11. The van der Waals surface area contributed by atoms with E-state index in [-0.39, 0.29) is 22.8 Å². The SMILES string of the molecule is CC.Cc1ccc(NC(=O)Nc2cc(C(C)NC(=O)OC(C)(C)C)on2)cc1C(F)(F)F. The van der Waals surface area contributed by atoms with E-state index in [0.717, 1.165) is 6.07 Å². The van der Waals surface area contributed by atoms with Gasteiger partial charge in [0.25, 0.3) is 0 Å². The van der Waals surface area contributed by atoms with E-state index in [1.807, 2.05) is 13.8 Å². The molecule has 1 unspecified atom stereocenters. The smallest absolute Gasteiger partial charge is 0.416 e. The minimum absolute atomic E-state index is 0.0171. The molecule has 0 aliphatic carbocycles. The molecular weight excluding hydrogens is 429 g/mol. The molecule has 8 nitrogen and oxygen atoms in total. The van der Waals surface area contributed by atoms with Gasteiger partial charge in [0.15, 0.2) is 11.6 Å². The van der Waals surface area contributed by atoms with E-state index in [1.54, 1.807) is 27.7 Å². The zero-order chi connectivity index (χ0) is 24.7. The molecule has 3 N–H and O–H groups in total. The first-order valence-electron chi connectivity index (χ1n) is 9.96. The van der Waals surface area contributed by atoms with Gasteiger partial charge < -0.3 is 19.9 Å². The number of carbonyl (C=O) groups excluding carboxylic acids is 2. The number of hydrogen-bond acceptors (Lipinski definition) is 5. The third-order valence-corrected chi connectivity index (χ3v) is 3.73. The van der Waals surface area contributed by atoms with Crippen molar-refractivity contribution in [2.75, 3.05) is 10.6 Å². The topological polar surface area (TPSA) is 105 Å². The van der Waals surface area contributed by atoms with Gasteiger partial charge in [0.2, 0.25) is 0 Å². The number of hydrogen-bond donors (Lipinski definition) is 3. The number of aryl methyl sites for hydroxylation is 1. The minimum atomic E-state index is -4.53. The van der Waals surface area contributed by atoms with Crippen molar-refractivity contribution in [1.82, 2.24) is 10.5 Å². The summed E-state index contributed by atoms with van der Waals surface area (Å²) in [6, 6.07) is 3.42. The van der Waals surface area contributed by atoms with Crippen LogP contribution in [0.1, 0.15) is 64.5 Å². The first-order chi connectivity index (χ1) is 14.7. The van der Waals surface area contributed by atoms with Crippen LogP contribution in [0, 0.1) is 6.92 Å². The molecule has 2 aromatic rings. The maximum absolute atomic E-state index is 13.0. The Morgan fingerprint density at radius 1 is 1.09 bits per heavy atom. The summed E-state index contributed by atoms with van der Waals surface area (Å²) in [5, 5.41) is 10.9. The molecule has 1 atom stereocenters. The molecule has 1 heterocycles. The highest BCUT2D eigenvalue weighted by atomic mass is 19.4. The molecule has 32 heavy (non-hydrogen) atoms. The molecule has 1 aromatic carbocycles. The Hall–Kier alpha value is -3.24. The van der Waals surface area contributed by atoms with Gasteiger partial charge >= 0.3 is 18.3 Å². The summed E-state index contributed by atoms with van der Waals surface area (Å²) < 4.78 is 49.2. The van der Waals surface area contributed by atoms with Crippen molar-refractivity contribution >= 4 is 23.6 Å². The van der Waals surface area contributed by atoms with Crippen molar-refractivity contribution in [1.29, 1.82) is 0 Å². The maximum Gasteiger partial charge on any atom is 0.416 e. The number of urea groups is 1. The molecule has 2 rings (SSSR count). The third-order valence-electron chi connectivity index (χ3n) is 3.73. The van der Waals surface area contributed by atoms with Gasteiger partial charge in [-0.15, -0.1) is 0 Å². The van der Waals surface area contributed by atoms with E-state index < -0.39 is 35.5 Å². The van der Waals surface area contributed by atoms with Gasteiger partial charge in [-0.2, -0.15) is 13.2 Å². The first-order valence-corrected chi connectivity index (χ1v) is 9.96. The molecule has 1 aromatic heterocycles. The zero-order valence-corrected chi connectivity index (χ0v) is 19.1. The van der Waals surface area contributed by atoms with Crippen LogP contribution in [0.15, 0.2) is 28.8 Å². The van der Waals surface area contributed by atoms with Crippen LogP contribution in [0.25, 0.3) is 0 Å². The van der Waals surface area contributed by atoms with Gasteiger partial charge in [-0.25, -0.2) is 9.59 Å². The van der Waals surface area contributed by atoms with Gasteiger partial charge in [-0.1, -0.05) is 25.1 Å². The van der Waals surface area contributed by atoms with Crippen LogP contribution in [-0.2, 0) is 10.9 Å². The van der Waals surface area contributed by atoms with Crippen molar-refractivity contribution < 1.29 is 32.0 Å². The lowest BCUT2D eigenvalue weighted by Crippen LogP contribution is -2.33.